The number of likely N-dealkylation sites (tertiary alicyclic amines) is 1. The molecule has 5 rings (SSSR count). The Balaban J connectivity index is 1.36. The lowest BCUT2D eigenvalue weighted by atomic mass is 9.97. The summed E-state index contributed by atoms with van der Waals surface area (Å²) < 4.78 is 1.21. The van der Waals surface area contributed by atoms with Crippen LogP contribution in [0.3, 0.4) is 0 Å². The molecule has 0 N–H and O–H groups in total. The predicted molar refractivity (Wildman–Crippen MR) is 111 cm³/mol. The highest BCUT2D eigenvalue weighted by Crippen LogP contribution is 2.35. The van der Waals surface area contributed by atoms with E-state index in [0.29, 0.717) is 11.6 Å². The fraction of sp³-hybridized carbons (Fsp3) is 0.318. The molecule has 0 unspecified atom stereocenters. The van der Waals surface area contributed by atoms with Gasteiger partial charge >= 0.3 is 0 Å². The number of anilines is 1. The zero-order valence-electron chi connectivity index (χ0n) is 15.5. The Labute approximate surface area is 167 Å². The number of carbonyl (C=O) groups excluding carboxylic acids is 2. The molecule has 0 radical (unpaired) electrons. The first-order chi connectivity index (χ1) is 13.7. The van der Waals surface area contributed by atoms with Gasteiger partial charge < -0.3 is 0 Å². The number of hydrogen-bond acceptors (Lipinski definition) is 5. The highest BCUT2D eigenvalue weighted by molar-refractivity contribution is 7.18. The third-order valence-corrected chi connectivity index (χ3v) is 6.89. The van der Waals surface area contributed by atoms with E-state index >= 15 is 0 Å². The summed E-state index contributed by atoms with van der Waals surface area (Å²) in [7, 11) is 0. The molecular weight excluding hydrogens is 370 g/mol. The standard InChI is InChI=1S/C22H21N3O2S/c26-20-13-18(22(27)25(20)16-8-2-1-3-9-16)24-12-6-7-15(14-24)21-23-17-10-4-5-11-19(17)28-21/h1-5,8-11,15,18H,6-7,12-14H2/t15-,18+/m0/s1. The number of imide groups is 1. The molecule has 2 aromatic carbocycles. The first kappa shape index (κ1) is 17.5. The molecule has 0 saturated carbocycles. The van der Waals surface area contributed by atoms with Crippen molar-refractivity contribution in [3.05, 3.63) is 59.6 Å². The Morgan fingerprint density at radius 1 is 1.00 bits per heavy atom. The van der Waals surface area contributed by atoms with Crippen molar-refractivity contribution in [3.63, 3.8) is 0 Å². The molecule has 1 aromatic heterocycles. The van der Waals surface area contributed by atoms with Gasteiger partial charge in [0.1, 0.15) is 0 Å². The average Bonchev–Trinajstić information content (AvgIpc) is 3.29. The van der Waals surface area contributed by atoms with Gasteiger partial charge in [-0.15, -0.1) is 11.3 Å². The van der Waals surface area contributed by atoms with E-state index in [1.165, 1.54) is 9.60 Å². The molecule has 2 aliphatic rings. The maximum absolute atomic E-state index is 13.1. The zero-order valence-corrected chi connectivity index (χ0v) is 16.3. The van der Waals surface area contributed by atoms with Crippen LogP contribution in [0.25, 0.3) is 10.2 Å². The van der Waals surface area contributed by atoms with Gasteiger partial charge in [0.25, 0.3) is 5.91 Å². The quantitative estimate of drug-likeness (QED) is 0.637. The Hall–Kier alpha value is -2.57. The first-order valence-electron chi connectivity index (χ1n) is 9.72. The van der Waals surface area contributed by atoms with Gasteiger partial charge in [0.2, 0.25) is 5.91 Å². The highest BCUT2D eigenvalue weighted by Gasteiger charge is 2.44. The molecule has 2 amide bonds. The fourth-order valence-electron chi connectivity index (χ4n) is 4.31. The van der Waals surface area contributed by atoms with Gasteiger partial charge in [-0.05, 0) is 43.7 Å². The first-order valence-corrected chi connectivity index (χ1v) is 10.5. The average molecular weight is 391 g/mol. The van der Waals surface area contributed by atoms with Gasteiger partial charge in [0.15, 0.2) is 0 Å². The number of amides is 2. The van der Waals surface area contributed by atoms with E-state index in [0.717, 1.165) is 36.5 Å². The number of thiazole rings is 1. The van der Waals surface area contributed by atoms with Crippen LogP contribution < -0.4 is 4.90 Å². The van der Waals surface area contributed by atoms with E-state index in [4.69, 9.17) is 4.98 Å². The lowest BCUT2D eigenvalue weighted by molar-refractivity contribution is -0.123. The fourth-order valence-corrected chi connectivity index (χ4v) is 5.40. The summed E-state index contributed by atoms with van der Waals surface area (Å²) in [6.45, 7) is 1.64. The molecule has 0 spiro atoms. The third kappa shape index (κ3) is 3.02. The van der Waals surface area contributed by atoms with E-state index in [1.807, 2.05) is 48.5 Å². The zero-order chi connectivity index (χ0) is 19.1. The van der Waals surface area contributed by atoms with Crippen LogP contribution in [-0.4, -0.2) is 40.8 Å². The van der Waals surface area contributed by atoms with E-state index in [-0.39, 0.29) is 24.3 Å². The van der Waals surface area contributed by atoms with Crippen molar-refractivity contribution in [2.45, 2.75) is 31.2 Å². The molecule has 28 heavy (non-hydrogen) atoms. The number of piperidine rings is 1. The minimum Gasteiger partial charge on any atom is -0.291 e. The summed E-state index contributed by atoms with van der Waals surface area (Å²) in [5.74, 6) is 0.115. The van der Waals surface area contributed by atoms with E-state index in [1.54, 1.807) is 11.3 Å². The molecule has 2 atom stereocenters. The molecule has 2 aliphatic heterocycles. The summed E-state index contributed by atoms with van der Waals surface area (Å²) in [6, 6.07) is 17.1. The Morgan fingerprint density at radius 2 is 1.79 bits per heavy atom. The molecule has 0 aliphatic carbocycles. The monoisotopic (exact) mass is 391 g/mol. The van der Waals surface area contributed by atoms with Crippen LogP contribution in [0.2, 0.25) is 0 Å². The molecule has 142 valence electrons. The van der Waals surface area contributed by atoms with Crippen LogP contribution in [0.1, 0.15) is 30.2 Å². The molecule has 2 saturated heterocycles. The summed E-state index contributed by atoms with van der Waals surface area (Å²) in [4.78, 5) is 34.0. The summed E-state index contributed by atoms with van der Waals surface area (Å²) in [5, 5.41) is 1.14. The van der Waals surface area contributed by atoms with E-state index in [9.17, 15) is 9.59 Å². The molecular formula is C22H21N3O2S. The van der Waals surface area contributed by atoms with Gasteiger partial charge in [-0.1, -0.05) is 30.3 Å². The number of para-hydroxylation sites is 2. The maximum atomic E-state index is 13.1. The van der Waals surface area contributed by atoms with Crippen molar-refractivity contribution in [2.75, 3.05) is 18.0 Å². The Morgan fingerprint density at radius 3 is 2.61 bits per heavy atom. The SMILES string of the molecule is O=C1C[C@@H](N2CCC[C@H](c3nc4ccccc4s3)C2)C(=O)N1c1ccccc1. The van der Waals surface area contributed by atoms with Crippen molar-refractivity contribution in [2.24, 2.45) is 0 Å². The third-order valence-electron chi connectivity index (χ3n) is 5.69. The predicted octanol–water partition coefficient (Wildman–Crippen LogP) is 3.81. The Bertz CT molecular complexity index is 999. The second-order valence-electron chi connectivity index (χ2n) is 7.48. The largest absolute Gasteiger partial charge is 0.291 e. The maximum Gasteiger partial charge on any atom is 0.251 e. The van der Waals surface area contributed by atoms with E-state index < -0.39 is 0 Å². The number of nitrogens with zero attached hydrogens (tertiary/aromatic N) is 3. The van der Waals surface area contributed by atoms with Crippen LogP contribution in [-0.2, 0) is 9.59 Å². The van der Waals surface area contributed by atoms with Gasteiger partial charge in [-0.2, -0.15) is 0 Å². The minimum atomic E-state index is -0.357. The van der Waals surface area contributed by atoms with Crippen LogP contribution >= 0.6 is 11.3 Å². The number of rotatable bonds is 3. The number of hydrogen-bond donors (Lipinski definition) is 0. The minimum absolute atomic E-state index is 0.0962. The normalized spacial score (nSPS) is 23.6. The van der Waals surface area contributed by atoms with Gasteiger partial charge in [-0.25, -0.2) is 9.88 Å². The van der Waals surface area contributed by atoms with Gasteiger partial charge in [-0.3, -0.25) is 14.5 Å². The highest BCUT2D eigenvalue weighted by atomic mass is 32.1. The second-order valence-corrected chi connectivity index (χ2v) is 8.54. The van der Waals surface area contributed by atoms with Crippen LogP contribution in [0.5, 0.6) is 0 Å². The van der Waals surface area contributed by atoms with E-state index in [2.05, 4.69) is 11.0 Å². The van der Waals surface area contributed by atoms with Crippen molar-refractivity contribution in [3.8, 4) is 0 Å². The van der Waals surface area contributed by atoms with Gasteiger partial charge in [0.05, 0.1) is 33.4 Å². The summed E-state index contributed by atoms with van der Waals surface area (Å²) in [6.07, 6.45) is 2.36. The number of carbonyl (C=O) groups is 2. The summed E-state index contributed by atoms with van der Waals surface area (Å²) >= 11 is 1.75. The lowest BCUT2D eigenvalue weighted by Gasteiger charge is -2.34. The molecule has 6 heteroatoms. The number of benzene rings is 2. The van der Waals surface area contributed by atoms with Gasteiger partial charge in [0, 0.05) is 12.5 Å². The molecule has 3 aromatic rings. The Kier molecular flexibility index (Phi) is 4.45. The van der Waals surface area contributed by atoms with Crippen molar-refractivity contribution in [1.82, 2.24) is 9.88 Å². The number of fused-ring (bicyclic) bond motifs is 1. The number of aromatic nitrogens is 1. The molecule has 0 bridgehead atoms. The van der Waals surface area contributed by atoms with Crippen LogP contribution in [0.15, 0.2) is 54.6 Å². The van der Waals surface area contributed by atoms with Crippen molar-refractivity contribution in [1.29, 1.82) is 0 Å². The second kappa shape index (κ2) is 7.11. The smallest absolute Gasteiger partial charge is 0.251 e. The van der Waals surface area contributed by atoms with Crippen molar-refractivity contribution >= 4 is 39.1 Å². The molecule has 5 nitrogen and oxygen atoms in total. The summed E-state index contributed by atoms with van der Waals surface area (Å²) in [5.41, 5.74) is 1.71. The topological polar surface area (TPSA) is 53.5 Å². The van der Waals surface area contributed by atoms with Crippen LogP contribution in [0, 0.1) is 0 Å². The molecule has 3 heterocycles. The van der Waals surface area contributed by atoms with Crippen LogP contribution in [0.4, 0.5) is 5.69 Å². The van der Waals surface area contributed by atoms with Crippen molar-refractivity contribution < 1.29 is 9.59 Å². The molecule has 2 fully saturated rings. The lowest BCUT2D eigenvalue weighted by Crippen LogP contribution is -2.46.